The lowest BCUT2D eigenvalue weighted by Crippen LogP contribution is -2.34. The maximum atomic E-state index is 11.0. The van der Waals surface area contributed by atoms with E-state index in [0.717, 1.165) is 15.7 Å². The third-order valence-corrected chi connectivity index (χ3v) is 2.75. The second-order valence-electron chi connectivity index (χ2n) is 4.22. The first-order chi connectivity index (χ1) is 7.40. The highest BCUT2D eigenvalue weighted by molar-refractivity contribution is 9.10. The molecule has 0 aliphatic heterocycles. The molecule has 3 nitrogen and oxygen atoms in total. The summed E-state index contributed by atoms with van der Waals surface area (Å²) in [6, 6.07) is 5.23. The number of nitrogens with one attached hydrogen (secondary N) is 1. The summed E-state index contributed by atoms with van der Waals surface area (Å²) in [7, 11) is 0. The van der Waals surface area contributed by atoms with Crippen molar-refractivity contribution in [3.05, 3.63) is 28.2 Å². The molecule has 1 aromatic rings. The smallest absolute Gasteiger partial charge is 0.326 e. The summed E-state index contributed by atoms with van der Waals surface area (Å²) in [5, 5.41) is 12.1. The molecule has 1 atom stereocenters. The van der Waals surface area contributed by atoms with Crippen molar-refractivity contribution in [1.29, 1.82) is 0 Å². The van der Waals surface area contributed by atoms with Crippen molar-refractivity contribution in [2.75, 3.05) is 5.32 Å². The predicted molar refractivity (Wildman–Crippen MR) is 68.8 cm³/mol. The van der Waals surface area contributed by atoms with Crippen LogP contribution in [0.15, 0.2) is 22.7 Å². The number of anilines is 1. The lowest BCUT2D eigenvalue weighted by atomic mass is 10.0. The minimum Gasteiger partial charge on any atom is -0.480 e. The Morgan fingerprint density at radius 3 is 2.44 bits per heavy atom. The number of rotatable bonds is 4. The average molecular weight is 286 g/mol. The Morgan fingerprint density at radius 2 is 2.00 bits per heavy atom. The van der Waals surface area contributed by atoms with E-state index in [-0.39, 0.29) is 5.92 Å². The molecule has 0 heterocycles. The van der Waals surface area contributed by atoms with Gasteiger partial charge in [0.25, 0.3) is 0 Å². The summed E-state index contributed by atoms with van der Waals surface area (Å²) >= 11 is 3.39. The molecule has 0 fully saturated rings. The molecular weight excluding hydrogens is 270 g/mol. The van der Waals surface area contributed by atoms with Gasteiger partial charge in [-0.25, -0.2) is 4.79 Å². The molecule has 2 N–H and O–H groups in total. The number of aliphatic carboxylic acids is 1. The van der Waals surface area contributed by atoms with Crippen LogP contribution in [0.3, 0.4) is 0 Å². The molecule has 0 spiro atoms. The van der Waals surface area contributed by atoms with Gasteiger partial charge in [-0.2, -0.15) is 0 Å². The van der Waals surface area contributed by atoms with Gasteiger partial charge in [-0.3, -0.25) is 0 Å². The molecular formula is C12H16BrNO2. The summed E-state index contributed by atoms with van der Waals surface area (Å²) in [6.45, 7) is 5.74. The summed E-state index contributed by atoms with van der Waals surface area (Å²) in [5.74, 6) is -0.788. The Bertz CT molecular complexity index is 370. The van der Waals surface area contributed by atoms with Crippen molar-refractivity contribution in [1.82, 2.24) is 0 Å². The average Bonchev–Trinajstić information content (AvgIpc) is 2.11. The van der Waals surface area contributed by atoms with Crippen molar-refractivity contribution in [3.63, 3.8) is 0 Å². The number of benzene rings is 1. The molecule has 16 heavy (non-hydrogen) atoms. The summed E-state index contributed by atoms with van der Waals surface area (Å²) < 4.78 is 0.947. The molecule has 0 saturated carbocycles. The van der Waals surface area contributed by atoms with Crippen molar-refractivity contribution in [2.45, 2.75) is 26.8 Å². The normalized spacial score (nSPS) is 12.6. The van der Waals surface area contributed by atoms with Crippen LogP contribution in [0.5, 0.6) is 0 Å². The molecule has 1 unspecified atom stereocenters. The first kappa shape index (κ1) is 13.0. The minimum absolute atomic E-state index is 0.0387. The minimum atomic E-state index is -0.826. The molecule has 0 aliphatic carbocycles. The number of aryl methyl sites for hydroxylation is 1. The van der Waals surface area contributed by atoms with Gasteiger partial charge in [-0.05, 0) is 36.6 Å². The standard InChI is InChI=1S/C12H16BrNO2/c1-7(2)11(12(15)16)14-10-5-8(3)4-9(13)6-10/h4-7,11,14H,1-3H3,(H,15,16). The van der Waals surface area contributed by atoms with Crippen LogP contribution in [0.1, 0.15) is 19.4 Å². The van der Waals surface area contributed by atoms with Gasteiger partial charge in [-0.15, -0.1) is 0 Å². The fourth-order valence-electron chi connectivity index (χ4n) is 1.51. The van der Waals surface area contributed by atoms with Crippen LogP contribution in [-0.2, 0) is 4.79 Å². The molecule has 0 aromatic heterocycles. The molecule has 1 aromatic carbocycles. The largest absolute Gasteiger partial charge is 0.480 e. The van der Waals surface area contributed by atoms with Gasteiger partial charge in [0.05, 0.1) is 0 Å². The molecule has 0 bridgehead atoms. The fourth-order valence-corrected chi connectivity index (χ4v) is 2.12. The van der Waals surface area contributed by atoms with Crippen LogP contribution in [0.4, 0.5) is 5.69 Å². The van der Waals surface area contributed by atoms with Gasteiger partial charge >= 0.3 is 5.97 Å². The number of hydrogen-bond acceptors (Lipinski definition) is 2. The van der Waals surface area contributed by atoms with Crippen LogP contribution in [-0.4, -0.2) is 17.1 Å². The van der Waals surface area contributed by atoms with Gasteiger partial charge in [0.2, 0.25) is 0 Å². The number of carbonyl (C=O) groups is 1. The third-order valence-electron chi connectivity index (χ3n) is 2.30. The molecule has 0 amide bonds. The maximum absolute atomic E-state index is 11.0. The number of carboxylic acids is 1. The van der Waals surface area contributed by atoms with Gasteiger partial charge in [0, 0.05) is 10.2 Å². The Balaban J connectivity index is 2.89. The number of hydrogen-bond donors (Lipinski definition) is 2. The van der Waals surface area contributed by atoms with Gasteiger partial charge in [-0.1, -0.05) is 29.8 Å². The Hall–Kier alpha value is -1.03. The third kappa shape index (κ3) is 3.52. The zero-order valence-corrected chi connectivity index (χ0v) is 11.2. The van der Waals surface area contributed by atoms with Gasteiger partial charge in [0.1, 0.15) is 6.04 Å². The van der Waals surface area contributed by atoms with Crippen LogP contribution in [0.25, 0.3) is 0 Å². The van der Waals surface area contributed by atoms with Crippen molar-refractivity contribution >= 4 is 27.6 Å². The molecule has 1 rings (SSSR count). The topological polar surface area (TPSA) is 49.3 Å². The van der Waals surface area contributed by atoms with Crippen LogP contribution in [0.2, 0.25) is 0 Å². The van der Waals surface area contributed by atoms with Crippen molar-refractivity contribution < 1.29 is 9.90 Å². The Morgan fingerprint density at radius 1 is 1.38 bits per heavy atom. The molecule has 0 radical (unpaired) electrons. The van der Waals surface area contributed by atoms with Gasteiger partial charge < -0.3 is 10.4 Å². The van der Waals surface area contributed by atoms with Gasteiger partial charge in [0.15, 0.2) is 0 Å². The summed E-state index contributed by atoms with van der Waals surface area (Å²) in [5.41, 5.74) is 1.91. The van der Waals surface area contributed by atoms with E-state index in [9.17, 15) is 4.79 Å². The number of carboxylic acid groups (broad SMARTS) is 1. The monoisotopic (exact) mass is 285 g/mol. The van der Waals surface area contributed by atoms with E-state index in [0.29, 0.717) is 0 Å². The summed E-state index contributed by atoms with van der Waals surface area (Å²) in [4.78, 5) is 11.0. The van der Waals surface area contributed by atoms with Crippen molar-refractivity contribution in [2.24, 2.45) is 5.92 Å². The highest BCUT2D eigenvalue weighted by atomic mass is 79.9. The second kappa shape index (κ2) is 5.34. The highest BCUT2D eigenvalue weighted by Gasteiger charge is 2.20. The lowest BCUT2D eigenvalue weighted by molar-refractivity contribution is -0.138. The van der Waals surface area contributed by atoms with E-state index in [1.54, 1.807) is 0 Å². The van der Waals surface area contributed by atoms with Crippen LogP contribution in [0, 0.1) is 12.8 Å². The Labute approximate surface area is 104 Å². The quantitative estimate of drug-likeness (QED) is 0.893. The van der Waals surface area contributed by atoms with E-state index in [1.807, 2.05) is 39.0 Å². The van der Waals surface area contributed by atoms with E-state index in [1.165, 1.54) is 0 Å². The predicted octanol–water partition coefficient (Wildman–Crippen LogP) is 3.28. The van der Waals surface area contributed by atoms with Crippen LogP contribution < -0.4 is 5.32 Å². The van der Waals surface area contributed by atoms with E-state index >= 15 is 0 Å². The molecule has 0 aliphatic rings. The fraction of sp³-hybridized carbons (Fsp3) is 0.417. The van der Waals surface area contributed by atoms with E-state index in [2.05, 4.69) is 21.2 Å². The first-order valence-electron chi connectivity index (χ1n) is 5.16. The van der Waals surface area contributed by atoms with Crippen LogP contribution >= 0.6 is 15.9 Å². The maximum Gasteiger partial charge on any atom is 0.326 e. The van der Waals surface area contributed by atoms with E-state index in [4.69, 9.17) is 5.11 Å². The molecule has 4 heteroatoms. The zero-order chi connectivity index (χ0) is 12.3. The second-order valence-corrected chi connectivity index (χ2v) is 5.14. The number of halogens is 1. The van der Waals surface area contributed by atoms with Crippen molar-refractivity contribution in [3.8, 4) is 0 Å². The lowest BCUT2D eigenvalue weighted by Gasteiger charge is -2.19. The molecule has 88 valence electrons. The highest BCUT2D eigenvalue weighted by Crippen LogP contribution is 2.21. The Kier molecular flexibility index (Phi) is 4.35. The zero-order valence-electron chi connectivity index (χ0n) is 9.62. The SMILES string of the molecule is Cc1cc(Br)cc(NC(C(=O)O)C(C)C)c1. The molecule has 0 saturated heterocycles. The first-order valence-corrected chi connectivity index (χ1v) is 5.96. The van der Waals surface area contributed by atoms with E-state index < -0.39 is 12.0 Å². The summed E-state index contributed by atoms with van der Waals surface area (Å²) in [6.07, 6.45) is 0.